The number of benzene rings is 1. The Morgan fingerprint density at radius 1 is 1.23 bits per heavy atom. The summed E-state index contributed by atoms with van der Waals surface area (Å²) in [5.74, 6) is 0.204. The lowest BCUT2D eigenvalue weighted by Gasteiger charge is -2.41. The molecule has 4 heterocycles. The van der Waals surface area contributed by atoms with Crippen LogP contribution >= 0.6 is 0 Å². The van der Waals surface area contributed by atoms with Crippen molar-refractivity contribution >= 4 is 5.91 Å². The van der Waals surface area contributed by atoms with E-state index in [9.17, 15) is 4.79 Å². The largest absolute Gasteiger partial charge is 0.370 e. The SMILES string of the molecule is O=C(CN1CCc2ccccc2C1)N1CCC2OCc3cnnn3C2C1. The molecule has 2 aromatic rings. The third-order valence-electron chi connectivity index (χ3n) is 5.85. The maximum Gasteiger partial charge on any atom is 0.236 e. The van der Waals surface area contributed by atoms with Gasteiger partial charge in [0.2, 0.25) is 5.91 Å². The number of hydrogen-bond donors (Lipinski definition) is 0. The van der Waals surface area contributed by atoms with Gasteiger partial charge in [-0.25, -0.2) is 4.68 Å². The molecule has 3 aliphatic rings. The lowest BCUT2D eigenvalue weighted by molar-refractivity contribution is -0.139. The van der Waals surface area contributed by atoms with Crippen LogP contribution in [-0.4, -0.2) is 63.0 Å². The number of hydrogen-bond acceptors (Lipinski definition) is 5. The second-order valence-corrected chi connectivity index (χ2v) is 7.44. The van der Waals surface area contributed by atoms with Crippen LogP contribution in [0.3, 0.4) is 0 Å². The van der Waals surface area contributed by atoms with Crippen LogP contribution in [0.25, 0.3) is 0 Å². The van der Waals surface area contributed by atoms with Crippen molar-refractivity contribution in [1.82, 2.24) is 24.8 Å². The first-order chi connectivity index (χ1) is 12.8. The minimum atomic E-state index is 0.0843. The molecule has 136 valence electrons. The van der Waals surface area contributed by atoms with E-state index in [1.807, 2.05) is 9.58 Å². The lowest BCUT2D eigenvalue weighted by atomic mass is 9.99. The molecule has 7 heteroatoms. The van der Waals surface area contributed by atoms with Gasteiger partial charge in [0, 0.05) is 26.2 Å². The van der Waals surface area contributed by atoms with Crippen LogP contribution in [0.1, 0.15) is 29.3 Å². The van der Waals surface area contributed by atoms with Crippen LogP contribution in [0.5, 0.6) is 0 Å². The Balaban J connectivity index is 1.25. The highest BCUT2D eigenvalue weighted by atomic mass is 16.5. The molecule has 26 heavy (non-hydrogen) atoms. The van der Waals surface area contributed by atoms with Crippen molar-refractivity contribution in [3.8, 4) is 0 Å². The molecule has 0 spiro atoms. The van der Waals surface area contributed by atoms with Gasteiger partial charge < -0.3 is 9.64 Å². The quantitative estimate of drug-likeness (QED) is 0.806. The molecule has 3 aliphatic heterocycles. The van der Waals surface area contributed by atoms with Gasteiger partial charge in [-0.2, -0.15) is 0 Å². The fourth-order valence-corrected chi connectivity index (χ4v) is 4.39. The van der Waals surface area contributed by atoms with E-state index < -0.39 is 0 Å². The lowest BCUT2D eigenvalue weighted by Crippen LogP contribution is -2.52. The fraction of sp³-hybridized carbons (Fsp3) is 0.526. The molecule has 5 rings (SSSR count). The molecule has 2 atom stereocenters. The van der Waals surface area contributed by atoms with Crippen molar-refractivity contribution in [3.63, 3.8) is 0 Å². The maximum atomic E-state index is 12.9. The molecule has 7 nitrogen and oxygen atoms in total. The minimum Gasteiger partial charge on any atom is -0.370 e. The van der Waals surface area contributed by atoms with E-state index >= 15 is 0 Å². The molecule has 0 saturated carbocycles. The number of likely N-dealkylation sites (tertiary alicyclic amines) is 1. The molecule has 0 radical (unpaired) electrons. The molecular weight excluding hydrogens is 330 g/mol. The van der Waals surface area contributed by atoms with Gasteiger partial charge in [-0.1, -0.05) is 29.5 Å². The van der Waals surface area contributed by atoms with E-state index in [4.69, 9.17) is 4.74 Å². The summed E-state index contributed by atoms with van der Waals surface area (Å²) >= 11 is 0. The average Bonchev–Trinajstić information content (AvgIpc) is 3.17. The Hall–Kier alpha value is -2.25. The first kappa shape index (κ1) is 16.0. The number of carbonyl (C=O) groups is 1. The van der Waals surface area contributed by atoms with Crippen LogP contribution < -0.4 is 0 Å². The summed E-state index contributed by atoms with van der Waals surface area (Å²) in [6, 6.07) is 8.62. The van der Waals surface area contributed by atoms with Gasteiger partial charge in [0.05, 0.1) is 37.2 Å². The molecule has 0 aliphatic carbocycles. The summed E-state index contributed by atoms with van der Waals surface area (Å²) in [7, 11) is 0. The summed E-state index contributed by atoms with van der Waals surface area (Å²) < 4.78 is 7.88. The number of ether oxygens (including phenoxy) is 1. The molecular formula is C19H23N5O2. The number of piperidine rings is 1. The van der Waals surface area contributed by atoms with Crippen LogP contribution in [-0.2, 0) is 29.1 Å². The molecule has 1 saturated heterocycles. The van der Waals surface area contributed by atoms with Gasteiger partial charge in [0.15, 0.2) is 0 Å². The normalized spacial score (nSPS) is 25.3. The van der Waals surface area contributed by atoms with Crippen LogP contribution in [0.2, 0.25) is 0 Å². The Labute approximate surface area is 152 Å². The Morgan fingerprint density at radius 3 is 3.04 bits per heavy atom. The Bertz CT molecular complexity index is 820. The predicted octanol–water partition coefficient (Wildman–Crippen LogP) is 1.01. The van der Waals surface area contributed by atoms with Crippen LogP contribution in [0.15, 0.2) is 30.5 Å². The number of rotatable bonds is 2. The van der Waals surface area contributed by atoms with E-state index in [2.05, 4.69) is 39.5 Å². The fourth-order valence-electron chi connectivity index (χ4n) is 4.39. The first-order valence-electron chi connectivity index (χ1n) is 9.35. The van der Waals surface area contributed by atoms with E-state index in [1.54, 1.807) is 6.20 Å². The second-order valence-electron chi connectivity index (χ2n) is 7.44. The van der Waals surface area contributed by atoms with Gasteiger partial charge >= 0.3 is 0 Å². The average molecular weight is 353 g/mol. The van der Waals surface area contributed by atoms with Crippen molar-refractivity contribution in [2.75, 3.05) is 26.2 Å². The first-order valence-corrected chi connectivity index (χ1v) is 9.35. The van der Waals surface area contributed by atoms with Crippen molar-refractivity contribution in [1.29, 1.82) is 0 Å². The maximum absolute atomic E-state index is 12.9. The van der Waals surface area contributed by atoms with Crippen molar-refractivity contribution in [3.05, 3.63) is 47.3 Å². The van der Waals surface area contributed by atoms with E-state index in [0.717, 1.165) is 38.2 Å². The molecule has 1 fully saturated rings. The van der Waals surface area contributed by atoms with Crippen LogP contribution in [0.4, 0.5) is 0 Å². The molecule has 1 aromatic carbocycles. The molecule has 0 bridgehead atoms. The molecule has 1 aromatic heterocycles. The predicted molar refractivity (Wildman–Crippen MR) is 94.3 cm³/mol. The van der Waals surface area contributed by atoms with Crippen molar-refractivity contribution in [2.45, 2.75) is 38.1 Å². The highest BCUT2D eigenvalue weighted by Crippen LogP contribution is 2.30. The Kier molecular flexibility index (Phi) is 3.98. The van der Waals surface area contributed by atoms with E-state index in [0.29, 0.717) is 19.7 Å². The number of amides is 1. The molecule has 1 amide bonds. The third-order valence-corrected chi connectivity index (χ3v) is 5.85. The van der Waals surface area contributed by atoms with Gasteiger partial charge in [0.1, 0.15) is 0 Å². The van der Waals surface area contributed by atoms with E-state index in [-0.39, 0.29) is 18.1 Å². The molecule has 0 N–H and O–H groups in total. The summed E-state index contributed by atoms with van der Waals surface area (Å²) in [5, 5.41) is 8.21. The second kappa shape index (κ2) is 6.48. The third kappa shape index (κ3) is 2.81. The molecule has 2 unspecified atom stereocenters. The number of nitrogens with zero attached hydrogens (tertiary/aromatic N) is 5. The van der Waals surface area contributed by atoms with Crippen molar-refractivity contribution < 1.29 is 9.53 Å². The zero-order valence-electron chi connectivity index (χ0n) is 14.8. The zero-order valence-corrected chi connectivity index (χ0v) is 14.8. The Morgan fingerprint density at radius 2 is 2.12 bits per heavy atom. The van der Waals surface area contributed by atoms with E-state index in [1.165, 1.54) is 11.1 Å². The summed E-state index contributed by atoms with van der Waals surface area (Å²) in [4.78, 5) is 17.1. The summed E-state index contributed by atoms with van der Waals surface area (Å²) in [5.41, 5.74) is 3.75. The highest BCUT2D eigenvalue weighted by molar-refractivity contribution is 5.78. The zero-order chi connectivity index (χ0) is 17.5. The standard InChI is InChI=1S/C19H23N5O2/c25-19(12-22-7-5-14-3-1-2-4-15(14)10-22)23-8-6-18-17(11-23)24-16(13-26-18)9-20-21-24/h1-4,9,17-18H,5-8,10-13H2. The smallest absolute Gasteiger partial charge is 0.236 e. The topological polar surface area (TPSA) is 63.5 Å². The van der Waals surface area contributed by atoms with Gasteiger partial charge in [-0.05, 0) is 24.0 Å². The summed E-state index contributed by atoms with van der Waals surface area (Å²) in [6.07, 6.45) is 3.76. The van der Waals surface area contributed by atoms with Gasteiger partial charge in [-0.15, -0.1) is 5.10 Å². The van der Waals surface area contributed by atoms with Gasteiger partial charge in [0.25, 0.3) is 0 Å². The van der Waals surface area contributed by atoms with Crippen molar-refractivity contribution in [2.24, 2.45) is 0 Å². The van der Waals surface area contributed by atoms with Crippen LogP contribution in [0, 0.1) is 0 Å². The summed E-state index contributed by atoms with van der Waals surface area (Å²) in [6.45, 7) is 4.27. The number of fused-ring (bicyclic) bond motifs is 4. The number of carbonyl (C=O) groups excluding carboxylic acids is 1. The monoisotopic (exact) mass is 353 g/mol. The van der Waals surface area contributed by atoms with Gasteiger partial charge in [-0.3, -0.25) is 9.69 Å². The number of aromatic nitrogens is 3. The highest BCUT2D eigenvalue weighted by Gasteiger charge is 2.38. The minimum absolute atomic E-state index is 0.0843.